The molecule has 4 rings (SSSR count). The Labute approximate surface area is 274 Å². The Morgan fingerprint density at radius 1 is 0.600 bits per heavy atom. The van der Waals surface area contributed by atoms with Crippen molar-refractivity contribution in [1.29, 1.82) is 0 Å². The minimum Gasteiger partial charge on any atom is -0.450 e. The second-order valence-electron chi connectivity index (χ2n) is 16.6. The van der Waals surface area contributed by atoms with Crippen molar-refractivity contribution in [1.82, 2.24) is 0 Å². The van der Waals surface area contributed by atoms with Gasteiger partial charge in [-0.1, -0.05) is 145 Å². The number of hydrogen-bond acceptors (Lipinski definition) is 4. The maximum Gasteiger partial charge on any atom is 0.336 e. The van der Waals surface area contributed by atoms with Gasteiger partial charge in [0.05, 0.1) is 11.1 Å². The molecule has 6 atom stereocenters. The zero-order valence-corrected chi connectivity index (χ0v) is 30.5. The number of hydrogen-bond donors (Lipinski definition) is 0. The third-order valence-electron chi connectivity index (χ3n) is 11.4. The van der Waals surface area contributed by atoms with Crippen LogP contribution in [0, 0.1) is 64.6 Å². The van der Waals surface area contributed by atoms with Crippen LogP contribution in [0.3, 0.4) is 0 Å². The maximum atomic E-state index is 14.7. The van der Waals surface area contributed by atoms with Crippen LogP contribution < -0.4 is 0 Å². The minimum atomic E-state index is -0.817. The van der Waals surface area contributed by atoms with Crippen molar-refractivity contribution in [2.75, 3.05) is 0 Å². The summed E-state index contributed by atoms with van der Waals surface area (Å²) in [5, 5.41) is 0. The van der Waals surface area contributed by atoms with E-state index in [9.17, 15) is 9.59 Å². The molecule has 0 aromatic carbocycles. The van der Waals surface area contributed by atoms with Gasteiger partial charge in [0, 0.05) is 23.7 Å². The topological polar surface area (TPSA) is 52.6 Å². The number of esters is 2. The molecule has 0 spiro atoms. The molecule has 2 bridgehead atoms. The Hall–Kier alpha value is -2.62. The smallest absolute Gasteiger partial charge is 0.336 e. The number of allylic oxidation sites excluding steroid dienone is 6. The second-order valence-corrected chi connectivity index (χ2v) is 16.6. The Morgan fingerprint density at radius 2 is 0.933 bits per heavy atom. The normalized spacial score (nSPS) is 32.1. The molecule has 0 N–H and O–H groups in total. The molecule has 4 aliphatic carbocycles. The molecular formula is C41H60O4. The van der Waals surface area contributed by atoms with E-state index >= 15 is 0 Å². The van der Waals surface area contributed by atoms with Gasteiger partial charge in [0.25, 0.3) is 0 Å². The van der Waals surface area contributed by atoms with Crippen LogP contribution >= 0.6 is 0 Å². The lowest BCUT2D eigenvalue weighted by Gasteiger charge is -2.47. The van der Waals surface area contributed by atoms with Crippen molar-refractivity contribution >= 4 is 11.9 Å². The van der Waals surface area contributed by atoms with Crippen molar-refractivity contribution in [3.8, 4) is 0 Å². The average molecular weight is 617 g/mol. The van der Waals surface area contributed by atoms with Gasteiger partial charge in [-0.15, -0.1) is 0 Å². The predicted molar refractivity (Wildman–Crippen MR) is 185 cm³/mol. The molecule has 0 aromatic heterocycles. The number of fused-ring (bicyclic) bond motifs is 2. The van der Waals surface area contributed by atoms with Crippen molar-refractivity contribution in [2.24, 2.45) is 64.6 Å². The predicted octanol–water partition coefficient (Wildman–Crippen LogP) is 9.85. The third-order valence-corrected chi connectivity index (χ3v) is 11.4. The van der Waals surface area contributed by atoms with Crippen LogP contribution in [0.4, 0.5) is 0 Å². The molecular weight excluding hydrogens is 556 g/mol. The quantitative estimate of drug-likeness (QED) is 0.181. The summed E-state index contributed by atoms with van der Waals surface area (Å²) in [6.45, 7) is 30.5. The van der Waals surface area contributed by atoms with Gasteiger partial charge < -0.3 is 9.47 Å². The van der Waals surface area contributed by atoms with Crippen molar-refractivity contribution in [3.05, 3.63) is 70.9 Å². The van der Waals surface area contributed by atoms with Crippen LogP contribution in [0.1, 0.15) is 96.9 Å². The van der Waals surface area contributed by atoms with Gasteiger partial charge in [-0.3, -0.25) is 0 Å². The van der Waals surface area contributed by atoms with E-state index in [0.717, 1.165) is 0 Å². The fourth-order valence-corrected chi connectivity index (χ4v) is 9.09. The molecule has 0 amide bonds. The first-order chi connectivity index (χ1) is 20.8. The summed E-state index contributed by atoms with van der Waals surface area (Å²) in [5.74, 6) is 0.109. The Kier molecular flexibility index (Phi) is 9.81. The molecule has 45 heavy (non-hydrogen) atoms. The van der Waals surface area contributed by atoms with Crippen molar-refractivity contribution in [2.45, 2.75) is 108 Å². The zero-order chi connectivity index (χ0) is 33.8. The van der Waals surface area contributed by atoms with E-state index in [1.165, 1.54) is 11.1 Å². The highest BCUT2D eigenvalue weighted by Gasteiger charge is 2.58. The van der Waals surface area contributed by atoms with Gasteiger partial charge in [0.1, 0.15) is 11.2 Å². The van der Waals surface area contributed by atoms with E-state index in [-0.39, 0.29) is 64.7 Å². The highest BCUT2D eigenvalue weighted by molar-refractivity contribution is 6.04. The van der Waals surface area contributed by atoms with Crippen LogP contribution in [0.5, 0.6) is 0 Å². The van der Waals surface area contributed by atoms with E-state index in [4.69, 9.17) is 9.47 Å². The summed E-state index contributed by atoms with van der Waals surface area (Å²) >= 11 is 0. The van der Waals surface area contributed by atoms with E-state index in [1.807, 2.05) is 0 Å². The summed E-state index contributed by atoms with van der Waals surface area (Å²) in [7, 11) is 0. The Morgan fingerprint density at radius 3 is 1.20 bits per heavy atom. The molecule has 0 saturated carbocycles. The number of rotatable bonds is 10. The monoisotopic (exact) mass is 616 g/mol. The van der Waals surface area contributed by atoms with Gasteiger partial charge in [0.2, 0.25) is 0 Å². The number of ether oxygens (including phenoxy) is 2. The standard InChI is InChI=1S/C41H60O4/c1-23(2)29-17-15-21-40(27(9)10,35(29)25(5)6)44-37(42)33-31-19-20-32(39(31,13)14)34(33)38(43)45-41(28(11)12)22-16-18-30(24(3)4)36(41)26(7)8/h15-28,31-32,35-36H,1-14H3. The largest absolute Gasteiger partial charge is 0.450 e. The zero-order valence-electron chi connectivity index (χ0n) is 30.5. The fourth-order valence-electron chi connectivity index (χ4n) is 9.09. The molecule has 0 saturated heterocycles. The number of carbonyl (C=O) groups excluding carboxylic acids is 2. The third kappa shape index (κ3) is 5.67. The van der Waals surface area contributed by atoms with Crippen LogP contribution in [0.25, 0.3) is 0 Å². The maximum absolute atomic E-state index is 14.7. The molecule has 0 aromatic rings. The molecule has 4 heteroatoms. The lowest BCUT2D eigenvalue weighted by atomic mass is 9.65. The first-order valence-corrected chi connectivity index (χ1v) is 17.5. The average Bonchev–Trinajstić information content (AvgIpc) is 3.36. The molecule has 0 heterocycles. The van der Waals surface area contributed by atoms with Gasteiger partial charge >= 0.3 is 11.9 Å². The van der Waals surface area contributed by atoms with E-state index in [0.29, 0.717) is 23.0 Å². The van der Waals surface area contributed by atoms with E-state index in [2.05, 4.69) is 146 Å². The van der Waals surface area contributed by atoms with Gasteiger partial charge in [-0.2, -0.15) is 0 Å². The summed E-state index contributed by atoms with van der Waals surface area (Å²) in [4.78, 5) is 29.4. The minimum absolute atomic E-state index is 0.0363. The molecule has 6 unspecified atom stereocenters. The lowest BCUT2D eigenvalue weighted by Crippen LogP contribution is -2.51. The summed E-state index contributed by atoms with van der Waals surface area (Å²) in [6.07, 6.45) is 16.9. The van der Waals surface area contributed by atoms with Gasteiger partial charge in [0.15, 0.2) is 0 Å². The summed E-state index contributed by atoms with van der Waals surface area (Å²) in [6, 6.07) is 0. The molecule has 0 aliphatic heterocycles. The molecule has 4 aliphatic rings. The first kappa shape index (κ1) is 35.2. The molecule has 248 valence electrons. The van der Waals surface area contributed by atoms with E-state index in [1.54, 1.807) is 0 Å². The summed E-state index contributed by atoms with van der Waals surface area (Å²) in [5.41, 5.74) is 1.59. The lowest BCUT2D eigenvalue weighted by molar-refractivity contribution is -0.165. The summed E-state index contributed by atoms with van der Waals surface area (Å²) < 4.78 is 13.6. The van der Waals surface area contributed by atoms with Crippen molar-refractivity contribution < 1.29 is 19.1 Å². The number of carbonyl (C=O) groups is 2. The SMILES string of the molecule is CC(C)C1=CC=CC(OC(=O)C2=C(C(=O)OC3(C(C)C)C=CC=C(C(C)C)C3C(C)C)C3C=CC2C3(C)C)(C(C)C)C1C(C)C. The molecule has 4 nitrogen and oxygen atoms in total. The molecule has 0 radical (unpaired) electrons. The van der Waals surface area contributed by atoms with Gasteiger partial charge in [-0.25, -0.2) is 9.59 Å². The van der Waals surface area contributed by atoms with Gasteiger partial charge in [-0.05, 0) is 53.1 Å². The first-order valence-electron chi connectivity index (χ1n) is 17.5. The Bertz CT molecular complexity index is 1260. The van der Waals surface area contributed by atoms with Crippen LogP contribution in [0.15, 0.2) is 70.9 Å². The Balaban J connectivity index is 1.81. The highest BCUT2D eigenvalue weighted by atomic mass is 16.6. The van der Waals surface area contributed by atoms with Crippen molar-refractivity contribution in [3.63, 3.8) is 0 Å². The van der Waals surface area contributed by atoms with E-state index < -0.39 is 11.2 Å². The van der Waals surface area contributed by atoms with Crippen LogP contribution in [-0.4, -0.2) is 23.1 Å². The van der Waals surface area contributed by atoms with Crippen LogP contribution in [0.2, 0.25) is 0 Å². The molecule has 0 fully saturated rings. The second kappa shape index (κ2) is 12.5. The van der Waals surface area contributed by atoms with Crippen LogP contribution in [-0.2, 0) is 19.1 Å². The fraction of sp³-hybridized carbons (Fsp3) is 0.659. The highest BCUT2D eigenvalue weighted by Crippen LogP contribution is 2.58.